The molecule has 0 fully saturated rings. The van der Waals surface area contributed by atoms with Crippen LogP contribution in [0.15, 0.2) is 192 Å². The Kier molecular flexibility index (Phi) is 7.56. The van der Waals surface area contributed by atoms with E-state index in [0.717, 1.165) is 83.3 Å². The highest BCUT2D eigenvalue weighted by atomic mass is 16.5. The lowest BCUT2D eigenvalue weighted by atomic mass is 9.77. The molecule has 56 heavy (non-hydrogen) atoms. The van der Waals surface area contributed by atoms with Crippen molar-refractivity contribution in [2.75, 3.05) is 0 Å². The van der Waals surface area contributed by atoms with Crippen molar-refractivity contribution in [1.82, 2.24) is 15.0 Å². The average molecular weight is 720 g/mol. The lowest BCUT2D eigenvalue weighted by molar-refractivity contribution is 0.281. The predicted octanol–water partition coefficient (Wildman–Crippen LogP) is 12.5. The summed E-state index contributed by atoms with van der Waals surface area (Å²) in [6.07, 6.45) is 3.97. The van der Waals surface area contributed by atoms with Crippen molar-refractivity contribution in [1.29, 1.82) is 0 Å². The molecule has 264 valence electrons. The second-order valence-electron chi connectivity index (χ2n) is 14.3. The van der Waals surface area contributed by atoms with Crippen LogP contribution in [-0.2, 0) is 0 Å². The van der Waals surface area contributed by atoms with Crippen molar-refractivity contribution in [3.63, 3.8) is 0 Å². The number of benzene rings is 7. The molecule has 0 radical (unpaired) electrons. The van der Waals surface area contributed by atoms with E-state index in [1.807, 2.05) is 72.8 Å². The molecule has 9 aromatic rings. The molecule has 0 saturated heterocycles. The molecule has 5 nitrogen and oxygen atoms in total. The smallest absolute Gasteiger partial charge is 0.164 e. The molecule has 2 aromatic heterocycles. The molecule has 1 aliphatic heterocycles. The van der Waals surface area contributed by atoms with Gasteiger partial charge >= 0.3 is 0 Å². The van der Waals surface area contributed by atoms with Gasteiger partial charge in [0.2, 0.25) is 0 Å². The summed E-state index contributed by atoms with van der Waals surface area (Å²) in [6.45, 7) is 0. The van der Waals surface area contributed by atoms with Crippen molar-refractivity contribution in [3.8, 4) is 50.8 Å². The summed E-state index contributed by atoms with van der Waals surface area (Å²) >= 11 is 0. The maximum Gasteiger partial charge on any atom is 0.164 e. The SMILES string of the molecule is C1=C(c2cccc3c2oc2ccccc23)C2Oc3c(-c4ccccc4)cc(-c4ccccc4)cc3C2C(c2nc(-c3ccccc3)nc(-c3ccccc3)n2)=C1. The van der Waals surface area contributed by atoms with Gasteiger partial charge in [0.1, 0.15) is 23.0 Å². The normalized spacial score (nSPS) is 15.9. The number of hydrogen-bond donors (Lipinski definition) is 0. The largest absolute Gasteiger partial charge is 0.484 e. The predicted molar refractivity (Wildman–Crippen MR) is 225 cm³/mol. The van der Waals surface area contributed by atoms with Gasteiger partial charge in [-0.15, -0.1) is 0 Å². The van der Waals surface area contributed by atoms with E-state index in [-0.39, 0.29) is 5.92 Å². The zero-order valence-corrected chi connectivity index (χ0v) is 30.2. The third-order valence-electron chi connectivity index (χ3n) is 10.9. The highest BCUT2D eigenvalue weighted by Gasteiger charge is 2.44. The molecule has 2 aliphatic rings. The van der Waals surface area contributed by atoms with Gasteiger partial charge in [-0.2, -0.15) is 0 Å². The van der Waals surface area contributed by atoms with Crippen molar-refractivity contribution >= 4 is 33.1 Å². The zero-order valence-electron chi connectivity index (χ0n) is 30.2. The molecule has 0 saturated carbocycles. The van der Waals surface area contributed by atoms with Crippen LogP contribution in [0.4, 0.5) is 0 Å². The first kappa shape index (κ1) is 32.1. The molecular weight excluding hydrogens is 687 g/mol. The molecule has 11 rings (SSSR count). The minimum absolute atomic E-state index is 0.245. The van der Waals surface area contributed by atoms with Gasteiger partial charge in [0.15, 0.2) is 17.5 Å². The Labute approximate surface area is 324 Å². The molecule has 0 spiro atoms. The van der Waals surface area contributed by atoms with Gasteiger partial charge in [0, 0.05) is 49.7 Å². The fourth-order valence-electron chi connectivity index (χ4n) is 8.32. The second kappa shape index (κ2) is 13.2. The molecule has 5 heteroatoms. The molecule has 0 N–H and O–H groups in total. The van der Waals surface area contributed by atoms with Gasteiger partial charge in [-0.1, -0.05) is 170 Å². The van der Waals surface area contributed by atoms with Crippen molar-refractivity contribution in [2.45, 2.75) is 12.0 Å². The van der Waals surface area contributed by atoms with Crippen LogP contribution in [-0.4, -0.2) is 21.1 Å². The van der Waals surface area contributed by atoms with E-state index < -0.39 is 6.10 Å². The van der Waals surface area contributed by atoms with E-state index in [4.69, 9.17) is 24.1 Å². The average Bonchev–Trinajstić information content (AvgIpc) is 3.86. The third-order valence-corrected chi connectivity index (χ3v) is 10.9. The van der Waals surface area contributed by atoms with Gasteiger partial charge in [-0.05, 0) is 34.9 Å². The lowest BCUT2D eigenvalue weighted by Gasteiger charge is -2.27. The minimum Gasteiger partial charge on any atom is -0.484 e. The van der Waals surface area contributed by atoms with Gasteiger partial charge < -0.3 is 9.15 Å². The first-order valence-corrected chi connectivity index (χ1v) is 18.9. The Bertz CT molecular complexity index is 2930. The van der Waals surface area contributed by atoms with Gasteiger partial charge in [0.25, 0.3) is 0 Å². The maximum absolute atomic E-state index is 7.34. The summed E-state index contributed by atoms with van der Waals surface area (Å²) in [7, 11) is 0. The summed E-state index contributed by atoms with van der Waals surface area (Å²) in [5.41, 5.74) is 12.1. The number of fused-ring (bicyclic) bond motifs is 6. The molecular formula is C51H33N3O2. The van der Waals surface area contributed by atoms with E-state index >= 15 is 0 Å². The van der Waals surface area contributed by atoms with Crippen LogP contribution in [0, 0.1) is 0 Å². The Morgan fingerprint density at radius 1 is 0.411 bits per heavy atom. The van der Waals surface area contributed by atoms with Crippen LogP contribution in [0.3, 0.4) is 0 Å². The van der Waals surface area contributed by atoms with Gasteiger partial charge in [-0.3, -0.25) is 0 Å². The number of ether oxygens (including phenoxy) is 1. The number of rotatable bonds is 6. The van der Waals surface area contributed by atoms with E-state index in [0.29, 0.717) is 17.5 Å². The molecule has 0 bridgehead atoms. The molecule has 2 unspecified atom stereocenters. The third kappa shape index (κ3) is 5.36. The fourth-order valence-corrected chi connectivity index (χ4v) is 8.32. The number of allylic oxidation sites excluding steroid dienone is 2. The summed E-state index contributed by atoms with van der Waals surface area (Å²) < 4.78 is 14.0. The van der Waals surface area contributed by atoms with Crippen molar-refractivity contribution < 1.29 is 9.15 Å². The van der Waals surface area contributed by atoms with E-state index in [1.165, 1.54) is 0 Å². The number of aromatic nitrogens is 3. The molecule has 7 aromatic carbocycles. The summed E-state index contributed by atoms with van der Waals surface area (Å²) in [6, 6.07) is 60.6. The Morgan fingerprint density at radius 2 is 0.964 bits per heavy atom. The van der Waals surface area contributed by atoms with Crippen LogP contribution in [0.5, 0.6) is 5.75 Å². The molecule has 0 amide bonds. The topological polar surface area (TPSA) is 61.0 Å². The molecule has 3 heterocycles. The first-order chi connectivity index (χ1) is 27.8. The minimum atomic E-state index is -0.394. The van der Waals surface area contributed by atoms with E-state index in [2.05, 4.69) is 115 Å². The second-order valence-corrected chi connectivity index (χ2v) is 14.3. The number of furan rings is 1. The number of hydrogen-bond acceptors (Lipinski definition) is 5. The van der Waals surface area contributed by atoms with E-state index in [1.54, 1.807) is 0 Å². The highest BCUT2D eigenvalue weighted by molar-refractivity contribution is 6.09. The summed E-state index contributed by atoms with van der Waals surface area (Å²) in [4.78, 5) is 15.5. The van der Waals surface area contributed by atoms with Crippen molar-refractivity contribution in [3.05, 3.63) is 205 Å². The Hall–Kier alpha value is -7.37. The van der Waals surface area contributed by atoms with Crippen molar-refractivity contribution in [2.24, 2.45) is 0 Å². The van der Waals surface area contributed by atoms with Crippen LogP contribution in [0.2, 0.25) is 0 Å². The standard InChI is InChI=1S/C51H33N3O2/c1-5-16-32(17-6-1)36-30-42(33-18-7-2-8-19-33)47-43(31-36)45-41(51-53-49(34-20-9-3-10-21-34)52-50(54-51)35-22-11-4-12-23-35)29-28-40(48(45)56-47)39-26-15-25-38-37-24-13-14-27-44(37)55-46(38)39/h1-31,45,48H. The highest BCUT2D eigenvalue weighted by Crippen LogP contribution is 2.56. The van der Waals surface area contributed by atoms with Gasteiger partial charge in [-0.25, -0.2) is 15.0 Å². The summed E-state index contributed by atoms with van der Waals surface area (Å²) in [5, 5.41) is 2.17. The molecule has 2 atom stereocenters. The number of para-hydroxylation sites is 2. The zero-order chi connectivity index (χ0) is 37.0. The fraction of sp³-hybridized carbons (Fsp3) is 0.0392. The Morgan fingerprint density at radius 3 is 1.64 bits per heavy atom. The summed E-state index contributed by atoms with van der Waals surface area (Å²) in [5.74, 6) is 2.48. The number of nitrogens with zero attached hydrogens (tertiary/aromatic N) is 3. The van der Waals surface area contributed by atoms with E-state index in [9.17, 15) is 0 Å². The van der Waals surface area contributed by atoms with Gasteiger partial charge in [0.05, 0.1) is 5.92 Å². The Balaban J connectivity index is 1.18. The maximum atomic E-state index is 7.34. The monoisotopic (exact) mass is 719 g/mol. The van der Waals surface area contributed by atoms with Crippen LogP contribution in [0.25, 0.3) is 78.1 Å². The molecule has 1 aliphatic carbocycles. The van der Waals surface area contributed by atoms with Crippen LogP contribution >= 0.6 is 0 Å². The quantitative estimate of drug-likeness (QED) is 0.171. The van der Waals surface area contributed by atoms with Crippen LogP contribution < -0.4 is 4.74 Å². The first-order valence-electron chi connectivity index (χ1n) is 18.9. The lowest BCUT2D eigenvalue weighted by Crippen LogP contribution is -2.25. The van der Waals surface area contributed by atoms with Crippen LogP contribution in [0.1, 0.15) is 22.9 Å².